The van der Waals surface area contributed by atoms with Gasteiger partial charge in [0, 0.05) is 12.6 Å². The molecule has 2 amide bonds. The van der Waals surface area contributed by atoms with Gasteiger partial charge in [-0.15, -0.1) is 11.3 Å². The first-order chi connectivity index (χ1) is 13.9. The largest absolute Gasteiger partial charge is 0.351 e. The van der Waals surface area contributed by atoms with Crippen LogP contribution >= 0.6 is 11.3 Å². The normalized spacial score (nSPS) is 23.4. The molecule has 0 saturated heterocycles. The zero-order valence-electron chi connectivity index (χ0n) is 17.9. The second-order valence-electron chi connectivity index (χ2n) is 9.36. The Balaban J connectivity index is 1.66. The van der Waals surface area contributed by atoms with Gasteiger partial charge in [-0.25, -0.2) is 0 Å². The van der Waals surface area contributed by atoms with Crippen LogP contribution in [0, 0.1) is 5.92 Å². The van der Waals surface area contributed by atoms with Gasteiger partial charge in [-0.3, -0.25) is 9.59 Å². The molecule has 4 rings (SSSR count). The van der Waals surface area contributed by atoms with Gasteiger partial charge in [0.15, 0.2) is 0 Å². The summed E-state index contributed by atoms with van der Waals surface area (Å²) in [7, 11) is 0. The van der Waals surface area contributed by atoms with Crippen LogP contribution < -0.4 is 5.32 Å². The molecule has 1 atom stereocenters. The van der Waals surface area contributed by atoms with Crippen LogP contribution in [0.25, 0.3) is 10.2 Å². The fourth-order valence-electron chi connectivity index (χ4n) is 4.77. The van der Waals surface area contributed by atoms with E-state index in [1.807, 2.05) is 17.9 Å². The number of thiophene rings is 1. The first kappa shape index (κ1) is 20.5. The lowest BCUT2D eigenvalue weighted by molar-refractivity contribution is -0.133. The van der Waals surface area contributed by atoms with Crippen LogP contribution in [0.5, 0.6) is 0 Å². The van der Waals surface area contributed by atoms with Crippen LogP contribution in [0.2, 0.25) is 0 Å². The minimum atomic E-state index is -0.862. The molecule has 0 spiro atoms. The fourth-order valence-corrected chi connectivity index (χ4v) is 5.60. The Bertz CT molecular complexity index is 891. The van der Waals surface area contributed by atoms with Gasteiger partial charge in [0.2, 0.25) is 5.91 Å². The van der Waals surface area contributed by atoms with E-state index in [0.717, 1.165) is 35.2 Å². The summed E-state index contributed by atoms with van der Waals surface area (Å²) in [6.45, 7) is 7.42. The number of nitrogens with one attached hydrogen (secondary N) is 1. The van der Waals surface area contributed by atoms with Gasteiger partial charge in [0.25, 0.3) is 5.91 Å². The third-order valence-electron chi connectivity index (χ3n) is 6.66. The monoisotopic (exact) mass is 415 g/mol. The van der Waals surface area contributed by atoms with E-state index in [0.29, 0.717) is 19.0 Å². The van der Waals surface area contributed by atoms with Crippen molar-refractivity contribution in [1.29, 1.82) is 0 Å². The summed E-state index contributed by atoms with van der Waals surface area (Å²) in [4.78, 5) is 28.9. The van der Waals surface area contributed by atoms with Crippen molar-refractivity contribution in [2.75, 3.05) is 6.54 Å². The average molecular weight is 416 g/mol. The molecular formula is C23H33N3O2S. The Labute approximate surface area is 177 Å². The molecule has 0 radical (unpaired) electrons. The lowest BCUT2D eigenvalue weighted by Gasteiger charge is -2.45. The molecule has 1 aliphatic heterocycles. The standard InChI is InChI=1S/C23H33N3O2S/c1-16(2)10-12-26-21(27)19-14-20-18(11-13-29-20)25(19)15-23(26,3)22(28)24-17-8-6-4-5-7-9-17/h11,13-14,16-17H,4-10,12,15H2,1-3H3,(H,24,28)/t23-/m0/s1. The van der Waals surface area contributed by atoms with Crippen molar-refractivity contribution < 1.29 is 9.59 Å². The smallest absolute Gasteiger partial charge is 0.271 e. The summed E-state index contributed by atoms with van der Waals surface area (Å²) >= 11 is 1.65. The van der Waals surface area contributed by atoms with Crippen molar-refractivity contribution in [3.05, 3.63) is 23.2 Å². The molecule has 2 aromatic rings. The zero-order chi connectivity index (χ0) is 20.6. The molecule has 5 nitrogen and oxygen atoms in total. The summed E-state index contributed by atoms with van der Waals surface area (Å²) in [5.74, 6) is 0.470. The Morgan fingerprint density at radius 1 is 1.28 bits per heavy atom. The van der Waals surface area contributed by atoms with E-state index in [1.54, 1.807) is 11.3 Å². The molecule has 29 heavy (non-hydrogen) atoms. The lowest BCUT2D eigenvalue weighted by atomic mass is 9.92. The lowest BCUT2D eigenvalue weighted by Crippen LogP contribution is -2.65. The quantitative estimate of drug-likeness (QED) is 0.713. The first-order valence-electron chi connectivity index (χ1n) is 11.1. The highest BCUT2D eigenvalue weighted by atomic mass is 32.1. The second-order valence-corrected chi connectivity index (χ2v) is 10.3. The molecule has 1 N–H and O–H groups in total. The van der Waals surface area contributed by atoms with E-state index in [9.17, 15) is 9.59 Å². The van der Waals surface area contributed by atoms with Crippen LogP contribution in [-0.4, -0.2) is 39.4 Å². The molecule has 2 aromatic heterocycles. The Hall–Kier alpha value is -1.82. The SMILES string of the molecule is CC(C)CCN1C(=O)c2cc3sccc3n2C[C@@]1(C)C(=O)NC1CCCCCC1. The Kier molecular flexibility index (Phi) is 5.74. The Morgan fingerprint density at radius 2 is 2.00 bits per heavy atom. The number of rotatable bonds is 5. The summed E-state index contributed by atoms with van der Waals surface area (Å²) < 4.78 is 3.18. The van der Waals surface area contributed by atoms with Crippen molar-refractivity contribution in [3.8, 4) is 0 Å². The number of hydrogen-bond acceptors (Lipinski definition) is 3. The number of hydrogen-bond donors (Lipinski definition) is 1. The highest BCUT2D eigenvalue weighted by molar-refractivity contribution is 7.17. The van der Waals surface area contributed by atoms with Crippen LogP contribution in [0.1, 0.15) is 76.2 Å². The van der Waals surface area contributed by atoms with Gasteiger partial charge in [-0.05, 0) is 49.6 Å². The molecule has 6 heteroatoms. The van der Waals surface area contributed by atoms with Crippen molar-refractivity contribution in [2.24, 2.45) is 5.92 Å². The second kappa shape index (κ2) is 8.13. The van der Waals surface area contributed by atoms with Gasteiger partial charge in [0.05, 0.1) is 16.8 Å². The number of fused-ring (bicyclic) bond motifs is 3. The van der Waals surface area contributed by atoms with Gasteiger partial charge in [0.1, 0.15) is 11.2 Å². The molecule has 1 fully saturated rings. The highest BCUT2D eigenvalue weighted by Crippen LogP contribution is 2.35. The van der Waals surface area contributed by atoms with Crippen LogP contribution in [0.3, 0.4) is 0 Å². The van der Waals surface area contributed by atoms with Crippen LogP contribution in [-0.2, 0) is 11.3 Å². The van der Waals surface area contributed by atoms with E-state index >= 15 is 0 Å². The van der Waals surface area contributed by atoms with E-state index in [1.165, 1.54) is 25.7 Å². The molecule has 3 heterocycles. The number of amides is 2. The first-order valence-corrected chi connectivity index (χ1v) is 12.0. The van der Waals surface area contributed by atoms with E-state index in [4.69, 9.17) is 0 Å². The van der Waals surface area contributed by atoms with E-state index < -0.39 is 5.54 Å². The summed E-state index contributed by atoms with van der Waals surface area (Å²) in [5.41, 5.74) is 0.921. The van der Waals surface area contributed by atoms with Crippen molar-refractivity contribution in [3.63, 3.8) is 0 Å². The number of nitrogens with zero attached hydrogens (tertiary/aromatic N) is 2. The zero-order valence-corrected chi connectivity index (χ0v) is 18.7. The van der Waals surface area contributed by atoms with Gasteiger partial charge >= 0.3 is 0 Å². The van der Waals surface area contributed by atoms with Crippen molar-refractivity contribution in [2.45, 2.75) is 83.8 Å². The molecule has 1 aliphatic carbocycles. The van der Waals surface area contributed by atoms with E-state index in [2.05, 4.69) is 35.2 Å². The van der Waals surface area contributed by atoms with Crippen LogP contribution in [0.4, 0.5) is 0 Å². The van der Waals surface area contributed by atoms with Crippen molar-refractivity contribution >= 4 is 33.4 Å². The van der Waals surface area contributed by atoms with Gasteiger partial charge < -0.3 is 14.8 Å². The number of carbonyl (C=O) groups is 2. The number of aromatic nitrogens is 1. The highest BCUT2D eigenvalue weighted by Gasteiger charge is 2.48. The van der Waals surface area contributed by atoms with E-state index in [-0.39, 0.29) is 17.9 Å². The Morgan fingerprint density at radius 3 is 2.69 bits per heavy atom. The molecule has 2 aliphatic rings. The summed E-state index contributed by atoms with van der Waals surface area (Å²) in [6.07, 6.45) is 7.85. The molecule has 0 aromatic carbocycles. The van der Waals surface area contributed by atoms with Crippen molar-refractivity contribution in [1.82, 2.24) is 14.8 Å². The summed E-state index contributed by atoms with van der Waals surface area (Å²) in [5, 5.41) is 5.38. The molecule has 1 saturated carbocycles. The fraction of sp³-hybridized carbons (Fsp3) is 0.652. The summed E-state index contributed by atoms with van der Waals surface area (Å²) in [6, 6.07) is 4.29. The maximum Gasteiger partial charge on any atom is 0.271 e. The molecule has 0 bridgehead atoms. The maximum absolute atomic E-state index is 13.6. The maximum atomic E-state index is 13.6. The predicted molar refractivity (Wildman–Crippen MR) is 118 cm³/mol. The molecule has 0 unspecified atom stereocenters. The van der Waals surface area contributed by atoms with Crippen LogP contribution in [0.15, 0.2) is 17.5 Å². The predicted octanol–water partition coefficient (Wildman–Crippen LogP) is 4.80. The van der Waals surface area contributed by atoms with Gasteiger partial charge in [-0.1, -0.05) is 39.5 Å². The topological polar surface area (TPSA) is 54.3 Å². The molecular weight excluding hydrogens is 382 g/mol. The minimum Gasteiger partial charge on any atom is -0.351 e. The third kappa shape index (κ3) is 3.83. The minimum absolute atomic E-state index is 0.00392. The van der Waals surface area contributed by atoms with Gasteiger partial charge in [-0.2, -0.15) is 0 Å². The third-order valence-corrected chi connectivity index (χ3v) is 7.51. The molecule has 158 valence electrons. The number of carbonyl (C=O) groups excluding carboxylic acids is 2. The average Bonchev–Trinajstić information content (AvgIpc) is 3.16.